The molecule has 1 aromatic carbocycles. The highest BCUT2D eigenvalue weighted by molar-refractivity contribution is 6.01. The van der Waals surface area contributed by atoms with Gasteiger partial charge in [-0.05, 0) is 25.0 Å². The first-order valence-electron chi connectivity index (χ1n) is 7.49. The molecule has 8 heteroatoms. The number of hydrogen-bond donors (Lipinski definition) is 1. The van der Waals surface area contributed by atoms with Crippen LogP contribution in [-0.4, -0.2) is 40.8 Å². The zero-order valence-corrected chi connectivity index (χ0v) is 12.9. The van der Waals surface area contributed by atoms with Crippen LogP contribution in [0.3, 0.4) is 0 Å². The number of phenolic OH excluding ortho intramolecular Hbond substituents is 1. The van der Waals surface area contributed by atoms with Gasteiger partial charge in [0.2, 0.25) is 0 Å². The second-order valence-corrected chi connectivity index (χ2v) is 5.19. The molecule has 0 saturated carbocycles. The summed E-state index contributed by atoms with van der Waals surface area (Å²) in [5.74, 6) is -1.41. The number of ether oxygens (including phenoxy) is 1. The van der Waals surface area contributed by atoms with Crippen molar-refractivity contribution in [1.29, 1.82) is 0 Å². The van der Waals surface area contributed by atoms with Crippen LogP contribution in [0.4, 0.5) is 0 Å². The van der Waals surface area contributed by atoms with Crippen LogP contribution in [0.5, 0.6) is 11.5 Å². The summed E-state index contributed by atoms with van der Waals surface area (Å²) in [4.78, 5) is 49.5. The Morgan fingerprint density at radius 1 is 1.21 bits per heavy atom. The van der Waals surface area contributed by atoms with Gasteiger partial charge >= 0.3 is 5.97 Å². The van der Waals surface area contributed by atoms with Crippen LogP contribution in [0.1, 0.15) is 42.5 Å². The van der Waals surface area contributed by atoms with E-state index in [1.165, 1.54) is 12.1 Å². The molecule has 1 aromatic rings. The predicted molar refractivity (Wildman–Crippen MR) is 80.0 cm³/mol. The maximum absolute atomic E-state index is 11.6. The molecule has 1 fully saturated rings. The third-order valence-corrected chi connectivity index (χ3v) is 3.37. The minimum absolute atomic E-state index is 0.0513. The highest BCUT2D eigenvalue weighted by atomic mass is 16.7. The molecule has 0 aliphatic carbocycles. The number of aromatic hydroxyl groups is 1. The second-order valence-electron chi connectivity index (χ2n) is 5.19. The topological polar surface area (TPSA) is 110 Å². The van der Waals surface area contributed by atoms with Crippen LogP contribution in [0, 0.1) is 0 Å². The number of imide groups is 1. The molecule has 1 heterocycles. The van der Waals surface area contributed by atoms with Gasteiger partial charge in [-0.15, -0.1) is 5.06 Å². The van der Waals surface area contributed by atoms with E-state index in [9.17, 15) is 24.3 Å². The molecule has 1 N–H and O–H groups in total. The molecule has 1 aliphatic rings. The van der Waals surface area contributed by atoms with Crippen LogP contribution >= 0.6 is 0 Å². The minimum Gasteiger partial charge on any atom is -0.507 e. The molecule has 1 saturated heterocycles. The number of carbonyl (C=O) groups excluding carboxylic acids is 4. The molecule has 0 bridgehead atoms. The molecule has 24 heavy (non-hydrogen) atoms. The van der Waals surface area contributed by atoms with Gasteiger partial charge in [0.25, 0.3) is 11.8 Å². The van der Waals surface area contributed by atoms with Crippen molar-refractivity contribution >= 4 is 24.1 Å². The van der Waals surface area contributed by atoms with Crippen LogP contribution in [0.25, 0.3) is 0 Å². The molecule has 0 radical (unpaired) electrons. The molecule has 0 unspecified atom stereocenters. The van der Waals surface area contributed by atoms with Crippen LogP contribution in [-0.2, 0) is 19.2 Å². The van der Waals surface area contributed by atoms with E-state index < -0.39 is 17.8 Å². The van der Waals surface area contributed by atoms with Crippen LogP contribution < -0.4 is 4.74 Å². The Kier molecular flexibility index (Phi) is 5.89. The Hall–Kier alpha value is -2.90. The Balaban J connectivity index is 1.65. The summed E-state index contributed by atoms with van der Waals surface area (Å²) >= 11 is 0. The van der Waals surface area contributed by atoms with E-state index in [2.05, 4.69) is 0 Å². The zero-order valence-electron chi connectivity index (χ0n) is 12.9. The van der Waals surface area contributed by atoms with Crippen molar-refractivity contribution in [1.82, 2.24) is 5.06 Å². The lowest BCUT2D eigenvalue weighted by molar-refractivity contribution is -0.197. The number of hydroxylamine groups is 2. The molecule has 8 nitrogen and oxygen atoms in total. The summed E-state index contributed by atoms with van der Waals surface area (Å²) in [6, 6.07) is 4.34. The van der Waals surface area contributed by atoms with Crippen molar-refractivity contribution < 1.29 is 33.9 Å². The molecule has 2 rings (SSSR count). The number of amides is 2. The number of hydrogen-bond acceptors (Lipinski definition) is 7. The van der Waals surface area contributed by atoms with Gasteiger partial charge in [0, 0.05) is 25.3 Å². The predicted octanol–water partition coefficient (Wildman–Crippen LogP) is 1.36. The fraction of sp³-hybridized carbons (Fsp3) is 0.375. The highest BCUT2D eigenvalue weighted by Crippen LogP contribution is 2.22. The number of benzene rings is 1. The van der Waals surface area contributed by atoms with Crippen molar-refractivity contribution in [2.45, 2.75) is 32.1 Å². The van der Waals surface area contributed by atoms with Gasteiger partial charge in [-0.2, -0.15) is 0 Å². The SMILES string of the molecule is O=Cc1ccc(OCCCCC(=O)ON2C(=O)CCC2=O)cc1O. The fourth-order valence-electron chi connectivity index (χ4n) is 2.08. The first-order chi connectivity index (χ1) is 11.5. The van der Waals surface area contributed by atoms with Crippen molar-refractivity contribution in [3.05, 3.63) is 23.8 Å². The second kappa shape index (κ2) is 8.09. The summed E-state index contributed by atoms with van der Waals surface area (Å²) in [5, 5.41) is 10.0. The van der Waals surface area contributed by atoms with Crippen molar-refractivity contribution in [3.8, 4) is 11.5 Å². The average molecular weight is 335 g/mol. The lowest BCUT2D eigenvalue weighted by Crippen LogP contribution is -2.31. The standard InChI is InChI=1S/C16H17NO7/c18-10-11-4-5-12(9-13(11)19)23-8-2-1-3-16(22)24-17-14(20)6-7-15(17)21/h4-5,9-10,19H,1-3,6-8H2. The van der Waals surface area contributed by atoms with E-state index in [1.54, 1.807) is 6.07 Å². The van der Waals surface area contributed by atoms with Gasteiger partial charge in [-0.3, -0.25) is 14.4 Å². The number of rotatable bonds is 8. The average Bonchev–Trinajstić information content (AvgIpc) is 2.86. The Bertz CT molecular complexity index is 640. The van der Waals surface area contributed by atoms with Crippen LogP contribution in [0.15, 0.2) is 18.2 Å². The van der Waals surface area contributed by atoms with Crippen molar-refractivity contribution in [3.63, 3.8) is 0 Å². The maximum atomic E-state index is 11.6. The minimum atomic E-state index is -0.647. The normalized spacial score (nSPS) is 13.9. The summed E-state index contributed by atoms with van der Waals surface area (Å²) < 4.78 is 5.39. The zero-order chi connectivity index (χ0) is 17.5. The van der Waals surface area contributed by atoms with E-state index in [0.717, 1.165) is 0 Å². The monoisotopic (exact) mass is 335 g/mol. The molecule has 0 aromatic heterocycles. The van der Waals surface area contributed by atoms with E-state index >= 15 is 0 Å². The van der Waals surface area contributed by atoms with E-state index in [0.29, 0.717) is 36.5 Å². The Morgan fingerprint density at radius 3 is 2.54 bits per heavy atom. The molecular weight excluding hydrogens is 318 g/mol. The third-order valence-electron chi connectivity index (χ3n) is 3.37. The number of carbonyl (C=O) groups is 4. The Labute approximate surface area is 137 Å². The fourth-order valence-corrected chi connectivity index (χ4v) is 2.08. The van der Waals surface area contributed by atoms with Crippen molar-refractivity contribution in [2.75, 3.05) is 6.61 Å². The van der Waals surface area contributed by atoms with Crippen molar-refractivity contribution in [2.24, 2.45) is 0 Å². The lowest BCUT2D eigenvalue weighted by atomic mass is 10.2. The van der Waals surface area contributed by atoms with Gasteiger partial charge in [-0.25, -0.2) is 4.79 Å². The summed E-state index contributed by atoms with van der Waals surface area (Å²) in [5.41, 5.74) is 0.177. The number of aldehydes is 1. The molecule has 128 valence electrons. The summed E-state index contributed by atoms with van der Waals surface area (Å²) in [6.45, 7) is 0.300. The van der Waals surface area contributed by atoms with Crippen LogP contribution in [0.2, 0.25) is 0 Å². The number of phenols is 1. The quantitative estimate of drug-likeness (QED) is 0.434. The van der Waals surface area contributed by atoms with Gasteiger partial charge in [0.15, 0.2) is 6.29 Å². The smallest absolute Gasteiger partial charge is 0.333 e. The Morgan fingerprint density at radius 2 is 1.92 bits per heavy atom. The molecular formula is C16H17NO7. The molecule has 1 aliphatic heterocycles. The number of nitrogens with zero attached hydrogens (tertiary/aromatic N) is 1. The maximum Gasteiger partial charge on any atom is 0.333 e. The van der Waals surface area contributed by atoms with Gasteiger partial charge in [0.1, 0.15) is 11.5 Å². The third kappa shape index (κ3) is 4.55. The largest absolute Gasteiger partial charge is 0.507 e. The highest BCUT2D eigenvalue weighted by Gasteiger charge is 2.32. The molecule has 0 spiro atoms. The lowest BCUT2D eigenvalue weighted by Gasteiger charge is -2.12. The van der Waals surface area contributed by atoms with E-state index in [-0.39, 0.29) is 30.6 Å². The molecule has 0 atom stereocenters. The van der Waals surface area contributed by atoms with Gasteiger partial charge in [0.05, 0.1) is 12.2 Å². The van der Waals surface area contributed by atoms with Gasteiger partial charge in [-0.1, -0.05) is 0 Å². The number of unbranched alkanes of at least 4 members (excludes halogenated alkanes) is 1. The van der Waals surface area contributed by atoms with Gasteiger partial charge < -0.3 is 14.7 Å². The van der Waals surface area contributed by atoms with E-state index in [4.69, 9.17) is 9.57 Å². The first kappa shape index (κ1) is 17.5. The summed E-state index contributed by atoms with van der Waals surface area (Å²) in [7, 11) is 0. The first-order valence-corrected chi connectivity index (χ1v) is 7.49. The van der Waals surface area contributed by atoms with E-state index in [1.807, 2.05) is 0 Å². The summed E-state index contributed by atoms with van der Waals surface area (Å²) in [6.07, 6.45) is 1.71. The molecule has 2 amide bonds.